The zero-order valence-corrected chi connectivity index (χ0v) is 13.7. The summed E-state index contributed by atoms with van der Waals surface area (Å²) in [5.41, 5.74) is 6.90. The van der Waals surface area contributed by atoms with Crippen molar-refractivity contribution < 1.29 is 10.0 Å². The molecule has 1 aliphatic carbocycles. The van der Waals surface area contributed by atoms with Crippen LogP contribution in [0.25, 0.3) is 16.7 Å². The van der Waals surface area contributed by atoms with Crippen molar-refractivity contribution >= 4 is 22.6 Å². The molecule has 6 heteroatoms. The molecule has 0 unspecified atom stereocenters. The molecule has 0 atom stereocenters. The standard InChI is InChI=1S/C19H17N3O3/c1-12-6-8-14-13(10-12)7-9-15(14)22-17-5-3-2-4-16(17)21(19(22)24)11-18(23)20-25/h2-6,8-10,25H,7,11H2,1H3,(H,20,23). The minimum atomic E-state index is -0.638. The van der Waals surface area contributed by atoms with Crippen LogP contribution in [0.15, 0.2) is 53.3 Å². The zero-order chi connectivity index (χ0) is 17.6. The molecule has 4 rings (SSSR count). The topological polar surface area (TPSA) is 76.3 Å². The summed E-state index contributed by atoms with van der Waals surface area (Å²) < 4.78 is 3.01. The molecule has 0 aliphatic heterocycles. The highest BCUT2D eigenvalue weighted by atomic mass is 16.5. The maximum absolute atomic E-state index is 13.0. The largest absolute Gasteiger partial charge is 0.334 e. The van der Waals surface area contributed by atoms with E-state index in [0.29, 0.717) is 5.52 Å². The number of allylic oxidation sites excluding steroid dienone is 1. The molecule has 2 N–H and O–H groups in total. The molecule has 3 aromatic rings. The van der Waals surface area contributed by atoms with E-state index in [1.54, 1.807) is 16.1 Å². The monoisotopic (exact) mass is 335 g/mol. The Hall–Kier alpha value is -3.12. The molecule has 6 nitrogen and oxygen atoms in total. The van der Waals surface area contributed by atoms with Crippen molar-refractivity contribution in [1.82, 2.24) is 14.6 Å². The van der Waals surface area contributed by atoms with Gasteiger partial charge < -0.3 is 0 Å². The van der Waals surface area contributed by atoms with Gasteiger partial charge in [-0.15, -0.1) is 0 Å². The summed E-state index contributed by atoms with van der Waals surface area (Å²) in [7, 11) is 0. The first-order chi connectivity index (χ1) is 12.1. The lowest BCUT2D eigenvalue weighted by Gasteiger charge is -2.08. The number of nitrogens with one attached hydrogen (secondary N) is 1. The number of aryl methyl sites for hydroxylation is 1. The average molecular weight is 335 g/mol. The van der Waals surface area contributed by atoms with Gasteiger partial charge in [0.25, 0.3) is 5.91 Å². The van der Waals surface area contributed by atoms with Gasteiger partial charge in [0.15, 0.2) is 0 Å². The number of rotatable bonds is 3. The van der Waals surface area contributed by atoms with Crippen molar-refractivity contribution in [2.75, 3.05) is 0 Å². The van der Waals surface area contributed by atoms with Gasteiger partial charge in [-0.25, -0.2) is 10.3 Å². The SMILES string of the molecule is Cc1ccc2c(c1)CC=C2n1c(=O)n(CC(=O)NO)c2ccccc21. The van der Waals surface area contributed by atoms with E-state index < -0.39 is 5.91 Å². The molecule has 126 valence electrons. The highest BCUT2D eigenvalue weighted by Crippen LogP contribution is 2.31. The summed E-state index contributed by atoms with van der Waals surface area (Å²) in [5.74, 6) is -0.638. The molecule has 0 radical (unpaired) electrons. The Morgan fingerprint density at radius 2 is 1.96 bits per heavy atom. The van der Waals surface area contributed by atoms with Gasteiger partial charge >= 0.3 is 5.69 Å². The quantitative estimate of drug-likeness (QED) is 0.568. The first kappa shape index (κ1) is 15.4. The van der Waals surface area contributed by atoms with E-state index in [1.807, 2.05) is 43.3 Å². The van der Waals surface area contributed by atoms with Crippen molar-refractivity contribution in [3.05, 3.63) is 75.7 Å². The van der Waals surface area contributed by atoms with Gasteiger partial charge in [-0.1, -0.05) is 42.0 Å². The van der Waals surface area contributed by atoms with Crippen LogP contribution in [0.1, 0.15) is 16.7 Å². The summed E-state index contributed by atoms with van der Waals surface area (Å²) in [6.45, 7) is 1.81. The molecule has 1 aromatic heterocycles. The smallest absolute Gasteiger partial charge is 0.289 e. The molecule has 1 heterocycles. The third kappa shape index (κ3) is 2.38. The minimum absolute atomic E-state index is 0.239. The average Bonchev–Trinajstić information content (AvgIpc) is 3.13. The number of fused-ring (bicyclic) bond motifs is 2. The highest BCUT2D eigenvalue weighted by molar-refractivity contribution is 5.86. The summed E-state index contributed by atoms with van der Waals surface area (Å²) in [6.07, 6.45) is 2.81. The summed E-state index contributed by atoms with van der Waals surface area (Å²) >= 11 is 0. The van der Waals surface area contributed by atoms with Crippen LogP contribution in [0, 0.1) is 6.92 Å². The Balaban J connectivity index is 1.94. The number of aromatic nitrogens is 2. The first-order valence-electron chi connectivity index (χ1n) is 8.04. The number of carbonyl (C=O) groups excluding carboxylic acids is 1. The van der Waals surface area contributed by atoms with Crippen molar-refractivity contribution in [3.8, 4) is 0 Å². The predicted molar refractivity (Wildman–Crippen MR) is 94.4 cm³/mol. The zero-order valence-electron chi connectivity index (χ0n) is 13.7. The van der Waals surface area contributed by atoms with Crippen LogP contribution in [-0.4, -0.2) is 20.2 Å². The number of hydroxylamine groups is 1. The first-order valence-corrected chi connectivity index (χ1v) is 8.04. The molecule has 25 heavy (non-hydrogen) atoms. The van der Waals surface area contributed by atoms with Gasteiger partial charge in [-0.2, -0.15) is 0 Å². The Kier molecular flexibility index (Phi) is 3.54. The maximum atomic E-state index is 13.0. The number of hydrogen-bond donors (Lipinski definition) is 2. The molecule has 2 aromatic carbocycles. The molecule has 0 bridgehead atoms. The van der Waals surface area contributed by atoms with Crippen molar-refractivity contribution in [2.45, 2.75) is 19.9 Å². The molecular weight excluding hydrogens is 318 g/mol. The second kappa shape index (κ2) is 5.75. The molecule has 0 fully saturated rings. The fourth-order valence-corrected chi connectivity index (χ4v) is 3.44. The number of para-hydroxylation sites is 2. The van der Waals surface area contributed by atoms with Gasteiger partial charge in [0, 0.05) is 5.56 Å². The van der Waals surface area contributed by atoms with Crippen molar-refractivity contribution in [3.63, 3.8) is 0 Å². The van der Waals surface area contributed by atoms with Crippen LogP contribution >= 0.6 is 0 Å². The van der Waals surface area contributed by atoms with E-state index in [-0.39, 0.29) is 12.2 Å². The van der Waals surface area contributed by atoms with Crippen molar-refractivity contribution in [2.24, 2.45) is 0 Å². The number of carbonyl (C=O) groups is 1. The van der Waals surface area contributed by atoms with E-state index in [9.17, 15) is 9.59 Å². The Morgan fingerprint density at radius 3 is 2.72 bits per heavy atom. The van der Waals surface area contributed by atoms with Crippen LogP contribution in [0.2, 0.25) is 0 Å². The fourth-order valence-electron chi connectivity index (χ4n) is 3.44. The molecule has 0 spiro atoms. The van der Waals surface area contributed by atoms with E-state index in [2.05, 4.69) is 6.07 Å². The van der Waals surface area contributed by atoms with E-state index in [0.717, 1.165) is 23.2 Å². The summed E-state index contributed by atoms with van der Waals surface area (Å²) in [4.78, 5) is 24.6. The maximum Gasteiger partial charge on any atom is 0.334 e. The third-order valence-corrected chi connectivity index (χ3v) is 4.55. The van der Waals surface area contributed by atoms with Gasteiger partial charge in [0.1, 0.15) is 6.54 Å². The summed E-state index contributed by atoms with van der Waals surface area (Å²) in [6, 6.07) is 13.5. The van der Waals surface area contributed by atoms with Gasteiger partial charge in [0.2, 0.25) is 0 Å². The van der Waals surface area contributed by atoms with Crippen LogP contribution in [-0.2, 0) is 17.8 Å². The lowest BCUT2D eigenvalue weighted by atomic mass is 10.1. The number of imidazole rings is 1. The second-order valence-corrected chi connectivity index (χ2v) is 6.18. The van der Waals surface area contributed by atoms with Crippen LogP contribution < -0.4 is 11.2 Å². The molecule has 1 aliphatic rings. The molecule has 0 saturated carbocycles. The fraction of sp³-hybridized carbons (Fsp3) is 0.158. The molecule has 1 amide bonds. The van der Waals surface area contributed by atoms with Crippen molar-refractivity contribution in [1.29, 1.82) is 0 Å². The number of benzene rings is 2. The van der Waals surface area contributed by atoms with Crippen LogP contribution in [0.3, 0.4) is 0 Å². The van der Waals surface area contributed by atoms with Gasteiger partial charge in [0.05, 0.1) is 16.7 Å². The lowest BCUT2D eigenvalue weighted by molar-refractivity contribution is -0.129. The highest BCUT2D eigenvalue weighted by Gasteiger charge is 2.22. The van der Waals surface area contributed by atoms with Crippen LogP contribution in [0.5, 0.6) is 0 Å². The van der Waals surface area contributed by atoms with E-state index in [1.165, 1.54) is 15.7 Å². The Labute approximate surface area is 143 Å². The predicted octanol–water partition coefficient (Wildman–Crippen LogP) is 2.06. The summed E-state index contributed by atoms with van der Waals surface area (Å²) in [5, 5.41) is 8.80. The Morgan fingerprint density at radius 1 is 1.20 bits per heavy atom. The van der Waals surface area contributed by atoms with Gasteiger partial charge in [-0.3, -0.25) is 19.1 Å². The van der Waals surface area contributed by atoms with Gasteiger partial charge in [-0.05, 0) is 31.0 Å². The number of hydrogen-bond acceptors (Lipinski definition) is 3. The Bertz CT molecular complexity index is 1090. The van der Waals surface area contributed by atoms with E-state index in [4.69, 9.17) is 5.21 Å². The van der Waals surface area contributed by atoms with Crippen LogP contribution in [0.4, 0.5) is 0 Å². The molecular formula is C19H17N3O3. The normalized spacial score (nSPS) is 13.0. The lowest BCUT2D eigenvalue weighted by Crippen LogP contribution is -2.31. The minimum Gasteiger partial charge on any atom is -0.289 e. The number of amides is 1. The van der Waals surface area contributed by atoms with E-state index >= 15 is 0 Å². The number of nitrogens with zero attached hydrogens (tertiary/aromatic N) is 2. The second-order valence-electron chi connectivity index (χ2n) is 6.18. The third-order valence-electron chi connectivity index (χ3n) is 4.55. The molecule has 0 saturated heterocycles.